The van der Waals surface area contributed by atoms with Crippen LogP contribution in [0, 0.1) is 13.8 Å². The minimum atomic E-state index is 1.12. The summed E-state index contributed by atoms with van der Waals surface area (Å²) >= 11 is 0. The molecule has 0 amide bonds. The van der Waals surface area contributed by atoms with Crippen molar-refractivity contribution >= 4 is 34.1 Å². The van der Waals surface area contributed by atoms with Crippen molar-refractivity contribution in [1.29, 1.82) is 0 Å². The number of hydrogen-bond acceptors (Lipinski definition) is 2. The zero-order valence-corrected chi connectivity index (χ0v) is 25.7. The van der Waals surface area contributed by atoms with Crippen LogP contribution in [0.2, 0.25) is 0 Å². The molecule has 0 saturated carbocycles. The summed E-state index contributed by atoms with van der Waals surface area (Å²) in [6, 6.07) is 44.8. The van der Waals surface area contributed by atoms with Gasteiger partial charge in [-0.05, 0) is 117 Å². The van der Waals surface area contributed by atoms with Crippen molar-refractivity contribution in [3.05, 3.63) is 144 Å². The van der Waals surface area contributed by atoms with Crippen LogP contribution >= 0.6 is 0 Å². The minimum absolute atomic E-state index is 1.12. The molecule has 0 aromatic heterocycles. The minimum Gasteiger partial charge on any atom is -0.310 e. The van der Waals surface area contributed by atoms with E-state index < -0.39 is 0 Å². The summed E-state index contributed by atoms with van der Waals surface area (Å²) in [4.78, 5) is 4.74. The fourth-order valence-corrected chi connectivity index (χ4v) is 5.44. The topological polar surface area (TPSA) is 6.48 Å². The average Bonchev–Trinajstić information content (AvgIpc) is 3.03. The fraction of sp³-hybridized carbons (Fsp3) is 0.250. The Morgan fingerprint density at radius 1 is 0.405 bits per heavy atom. The van der Waals surface area contributed by atoms with Gasteiger partial charge in [0.25, 0.3) is 0 Å². The molecule has 0 spiro atoms. The van der Waals surface area contributed by atoms with Gasteiger partial charge in [-0.1, -0.05) is 92.4 Å². The second-order valence-corrected chi connectivity index (χ2v) is 11.4. The van der Waals surface area contributed by atoms with E-state index in [4.69, 9.17) is 0 Å². The maximum absolute atomic E-state index is 2.37. The molecule has 5 aromatic carbocycles. The van der Waals surface area contributed by atoms with E-state index in [0.29, 0.717) is 0 Å². The second kappa shape index (κ2) is 14.0. The van der Waals surface area contributed by atoms with Crippen LogP contribution in [0.4, 0.5) is 34.1 Å². The van der Waals surface area contributed by atoms with E-state index in [-0.39, 0.29) is 0 Å². The van der Waals surface area contributed by atoms with Crippen molar-refractivity contribution in [2.45, 2.75) is 66.2 Å². The number of aryl methyl sites for hydroxylation is 4. The second-order valence-electron chi connectivity index (χ2n) is 11.4. The molecule has 0 bridgehead atoms. The van der Waals surface area contributed by atoms with Gasteiger partial charge in [-0.2, -0.15) is 0 Å². The Bertz CT molecular complexity index is 1420. The van der Waals surface area contributed by atoms with Gasteiger partial charge in [0.15, 0.2) is 0 Å². The highest BCUT2D eigenvalue weighted by Gasteiger charge is 2.17. The van der Waals surface area contributed by atoms with E-state index in [0.717, 1.165) is 35.6 Å². The zero-order valence-electron chi connectivity index (χ0n) is 25.7. The standard InChI is InChI=1S/C40H44N2/c1-5-7-10-33-18-26-37(27-19-33)41(35-22-14-31(3)15-23-35)39-12-9-13-40(30-39)42(36-24-16-32(4)17-25-36)38-28-20-34(21-29-38)11-8-6-2/h9,12-30H,5-8,10-11H2,1-4H3. The number of hydrogen-bond donors (Lipinski definition) is 0. The highest BCUT2D eigenvalue weighted by Crippen LogP contribution is 2.40. The van der Waals surface area contributed by atoms with Crippen LogP contribution < -0.4 is 9.80 Å². The molecule has 42 heavy (non-hydrogen) atoms. The van der Waals surface area contributed by atoms with Gasteiger partial charge in [-0.25, -0.2) is 0 Å². The van der Waals surface area contributed by atoms with Gasteiger partial charge in [-0.15, -0.1) is 0 Å². The first kappa shape index (κ1) is 29.2. The average molecular weight is 553 g/mol. The van der Waals surface area contributed by atoms with Gasteiger partial charge in [0.2, 0.25) is 0 Å². The normalized spacial score (nSPS) is 11.0. The number of rotatable bonds is 12. The van der Waals surface area contributed by atoms with Crippen LogP contribution in [0.25, 0.3) is 0 Å². The van der Waals surface area contributed by atoms with Gasteiger partial charge in [0.1, 0.15) is 0 Å². The maximum atomic E-state index is 2.37. The summed E-state index contributed by atoms with van der Waals surface area (Å²) in [7, 11) is 0. The molecule has 0 heterocycles. The molecule has 5 aromatic rings. The summed E-state index contributed by atoms with van der Waals surface area (Å²) in [6.07, 6.45) is 7.11. The fourth-order valence-electron chi connectivity index (χ4n) is 5.44. The molecule has 0 aliphatic carbocycles. The summed E-state index contributed by atoms with van der Waals surface area (Å²) in [5.74, 6) is 0. The van der Waals surface area contributed by atoms with Gasteiger partial charge in [0, 0.05) is 34.1 Å². The molecule has 214 valence electrons. The number of anilines is 6. The number of nitrogens with zero attached hydrogens (tertiary/aromatic N) is 2. The predicted octanol–water partition coefficient (Wildman–Crippen LogP) is 11.9. The third-order valence-corrected chi connectivity index (χ3v) is 7.96. The van der Waals surface area contributed by atoms with Gasteiger partial charge in [-0.3, -0.25) is 0 Å². The highest BCUT2D eigenvalue weighted by atomic mass is 15.2. The van der Waals surface area contributed by atoms with E-state index in [2.05, 4.69) is 159 Å². The molecular weight excluding hydrogens is 508 g/mol. The van der Waals surface area contributed by atoms with Crippen LogP contribution in [0.15, 0.2) is 121 Å². The monoisotopic (exact) mass is 552 g/mol. The molecule has 0 radical (unpaired) electrons. The molecule has 0 atom stereocenters. The Morgan fingerprint density at radius 2 is 0.738 bits per heavy atom. The SMILES string of the molecule is CCCCc1ccc(N(c2ccc(C)cc2)c2cccc(N(c3ccc(C)cc3)c3ccc(CCCC)cc3)c2)cc1. The van der Waals surface area contributed by atoms with Gasteiger partial charge >= 0.3 is 0 Å². The Hall–Kier alpha value is -4.30. The van der Waals surface area contributed by atoms with E-state index in [1.54, 1.807) is 0 Å². The largest absolute Gasteiger partial charge is 0.310 e. The molecule has 0 fully saturated rings. The Morgan fingerprint density at radius 3 is 1.07 bits per heavy atom. The third kappa shape index (κ3) is 7.12. The van der Waals surface area contributed by atoms with E-state index >= 15 is 0 Å². The smallest absolute Gasteiger partial charge is 0.0482 e. The molecule has 2 heteroatoms. The molecule has 0 aliphatic rings. The van der Waals surface area contributed by atoms with Crippen molar-refractivity contribution in [2.75, 3.05) is 9.80 Å². The van der Waals surface area contributed by atoms with Crippen molar-refractivity contribution in [3.63, 3.8) is 0 Å². The molecule has 0 saturated heterocycles. The Labute approximate surface area is 253 Å². The lowest BCUT2D eigenvalue weighted by Crippen LogP contribution is -2.13. The first-order valence-corrected chi connectivity index (χ1v) is 15.6. The van der Waals surface area contributed by atoms with Crippen LogP contribution in [0.5, 0.6) is 0 Å². The van der Waals surface area contributed by atoms with E-state index in [1.807, 2.05) is 0 Å². The van der Waals surface area contributed by atoms with Gasteiger partial charge < -0.3 is 9.80 Å². The summed E-state index contributed by atoms with van der Waals surface area (Å²) in [6.45, 7) is 8.79. The van der Waals surface area contributed by atoms with Crippen LogP contribution in [-0.4, -0.2) is 0 Å². The van der Waals surface area contributed by atoms with Crippen molar-refractivity contribution in [1.82, 2.24) is 0 Å². The predicted molar refractivity (Wildman–Crippen MR) is 183 cm³/mol. The molecule has 0 N–H and O–H groups in total. The zero-order chi connectivity index (χ0) is 29.3. The summed E-state index contributed by atoms with van der Waals surface area (Å²) < 4.78 is 0. The van der Waals surface area contributed by atoms with E-state index in [1.165, 1.54) is 59.3 Å². The van der Waals surface area contributed by atoms with Crippen molar-refractivity contribution in [3.8, 4) is 0 Å². The number of unbranched alkanes of at least 4 members (excludes halogenated alkanes) is 2. The Kier molecular flexibility index (Phi) is 9.77. The van der Waals surface area contributed by atoms with Crippen LogP contribution in [-0.2, 0) is 12.8 Å². The lowest BCUT2D eigenvalue weighted by atomic mass is 10.1. The summed E-state index contributed by atoms with van der Waals surface area (Å²) in [5, 5.41) is 0. The third-order valence-electron chi connectivity index (χ3n) is 7.96. The molecule has 2 nitrogen and oxygen atoms in total. The quantitative estimate of drug-likeness (QED) is 0.152. The number of benzene rings is 5. The molecule has 0 unspecified atom stereocenters. The Balaban J connectivity index is 1.58. The lowest BCUT2D eigenvalue weighted by Gasteiger charge is -2.29. The first-order valence-electron chi connectivity index (χ1n) is 15.6. The van der Waals surface area contributed by atoms with Crippen LogP contribution in [0.3, 0.4) is 0 Å². The summed E-state index contributed by atoms with van der Waals surface area (Å²) in [5.41, 5.74) is 12.2. The molecule has 5 rings (SSSR count). The van der Waals surface area contributed by atoms with Crippen molar-refractivity contribution < 1.29 is 0 Å². The maximum Gasteiger partial charge on any atom is 0.0482 e. The van der Waals surface area contributed by atoms with E-state index in [9.17, 15) is 0 Å². The molecular formula is C40H44N2. The van der Waals surface area contributed by atoms with Crippen LogP contribution in [0.1, 0.15) is 61.8 Å². The first-order chi connectivity index (χ1) is 20.6. The van der Waals surface area contributed by atoms with Crippen molar-refractivity contribution in [2.24, 2.45) is 0 Å². The molecule has 0 aliphatic heterocycles. The lowest BCUT2D eigenvalue weighted by molar-refractivity contribution is 0.795. The van der Waals surface area contributed by atoms with Gasteiger partial charge in [0.05, 0.1) is 0 Å². The highest BCUT2D eigenvalue weighted by molar-refractivity contribution is 5.83.